The number of aliphatic hydroxyl groups is 1. The molecule has 0 radical (unpaired) electrons. The summed E-state index contributed by atoms with van der Waals surface area (Å²) in [5.74, 6) is 0.686. The summed E-state index contributed by atoms with van der Waals surface area (Å²) in [6, 6.07) is 11.8. The number of benzene rings is 2. The zero-order valence-electron chi connectivity index (χ0n) is 14.2. The molecule has 0 spiro atoms. The Balaban J connectivity index is 1.69. The van der Waals surface area contributed by atoms with Gasteiger partial charge < -0.3 is 9.84 Å². The van der Waals surface area contributed by atoms with Crippen molar-refractivity contribution in [2.45, 2.75) is 11.8 Å². The second-order valence-electron chi connectivity index (χ2n) is 6.61. The number of sulfonamides is 1. The molecule has 1 heterocycles. The number of hydrogen-bond acceptors (Lipinski definition) is 4. The lowest BCUT2D eigenvalue weighted by atomic mass is 9.83. The predicted octanol–water partition coefficient (Wildman–Crippen LogP) is 3.36. The van der Waals surface area contributed by atoms with Crippen LogP contribution < -0.4 is 4.74 Å². The molecule has 26 heavy (non-hydrogen) atoms. The first-order valence-corrected chi connectivity index (χ1v) is 10.2. The number of halogens is 2. The van der Waals surface area contributed by atoms with Crippen molar-refractivity contribution >= 4 is 33.2 Å². The van der Waals surface area contributed by atoms with Gasteiger partial charge in [-0.1, -0.05) is 40.9 Å². The molecule has 0 bridgehead atoms. The van der Waals surface area contributed by atoms with E-state index in [1.54, 1.807) is 0 Å². The Morgan fingerprint density at radius 2 is 1.81 bits per heavy atom. The van der Waals surface area contributed by atoms with E-state index in [4.69, 9.17) is 27.9 Å². The smallest absolute Gasteiger partial charge is 0.244 e. The molecule has 0 aromatic heterocycles. The van der Waals surface area contributed by atoms with Crippen molar-refractivity contribution in [1.82, 2.24) is 4.31 Å². The van der Waals surface area contributed by atoms with E-state index in [9.17, 15) is 13.5 Å². The fraction of sp³-hybridized carbons (Fsp3) is 0.333. The summed E-state index contributed by atoms with van der Waals surface area (Å²) in [7, 11) is -3.74. The molecule has 0 unspecified atom stereocenters. The normalized spacial score (nSPS) is 16.9. The average molecular weight is 416 g/mol. The van der Waals surface area contributed by atoms with Gasteiger partial charge in [-0.05, 0) is 37.3 Å². The van der Waals surface area contributed by atoms with Gasteiger partial charge in [0, 0.05) is 18.1 Å². The van der Waals surface area contributed by atoms with Gasteiger partial charge in [-0.2, -0.15) is 4.31 Å². The Bertz CT molecular complexity index is 894. The summed E-state index contributed by atoms with van der Waals surface area (Å²) < 4.78 is 32.5. The van der Waals surface area contributed by atoms with Crippen LogP contribution in [0.25, 0.3) is 0 Å². The molecule has 2 aromatic carbocycles. The van der Waals surface area contributed by atoms with Gasteiger partial charge in [0.05, 0.1) is 23.7 Å². The van der Waals surface area contributed by atoms with Crippen LogP contribution >= 0.6 is 23.2 Å². The van der Waals surface area contributed by atoms with Crippen LogP contribution in [0, 0.1) is 12.3 Å². The van der Waals surface area contributed by atoms with Crippen LogP contribution in [-0.4, -0.2) is 44.1 Å². The summed E-state index contributed by atoms with van der Waals surface area (Å²) in [5, 5.41) is 10.2. The lowest BCUT2D eigenvalue weighted by molar-refractivity contribution is -0.0272. The standard InChI is InChI=1S/C18H19Cl2NO4S/c1-13-2-5-15(6-3-13)25-12-18(11-22)9-21(10-18)26(23,24)17-7-4-14(19)8-16(17)20/h2-8,22H,9-12H2,1H3. The maximum absolute atomic E-state index is 12.7. The van der Waals surface area contributed by atoms with Crippen LogP contribution in [0.15, 0.2) is 47.4 Å². The molecule has 3 rings (SSSR count). The molecule has 0 saturated carbocycles. The molecule has 1 aliphatic heterocycles. The molecule has 140 valence electrons. The minimum absolute atomic E-state index is 0.00885. The van der Waals surface area contributed by atoms with Crippen molar-refractivity contribution in [1.29, 1.82) is 0 Å². The molecular formula is C18H19Cl2NO4S. The minimum atomic E-state index is -3.74. The number of nitrogens with zero attached hydrogens (tertiary/aromatic N) is 1. The Hall–Kier alpha value is -1.31. The highest BCUT2D eigenvalue weighted by Crippen LogP contribution is 2.37. The lowest BCUT2D eigenvalue weighted by Gasteiger charge is -2.47. The van der Waals surface area contributed by atoms with Crippen LogP contribution in [0.4, 0.5) is 0 Å². The summed E-state index contributed by atoms with van der Waals surface area (Å²) >= 11 is 11.9. The molecule has 1 fully saturated rings. The van der Waals surface area contributed by atoms with Gasteiger partial charge in [0.2, 0.25) is 10.0 Å². The third-order valence-corrected chi connectivity index (χ3v) is 6.95. The number of hydrogen-bond donors (Lipinski definition) is 1. The van der Waals surface area contributed by atoms with Crippen molar-refractivity contribution in [3.63, 3.8) is 0 Å². The van der Waals surface area contributed by atoms with Gasteiger partial charge in [-0.3, -0.25) is 0 Å². The zero-order valence-corrected chi connectivity index (χ0v) is 16.5. The first-order valence-electron chi connectivity index (χ1n) is 8.01. The Morgan fingerprint density at radius 3 is 2.38 bits per heavy atom. The minimum Gasteiger partial charge on any atom is -0.493 e. The van der Waals surface area contributed by atoms with Gasteiger partial charge in [0.15, 0.2) is 0 Å². The monoisotopic (exact) mass is 415 g/mol. The first kappa shape index (κ1) is 19.5. The van der Waals surface area contributed by atoms with E-state index in [2.05, 4.69) is 0 Å². The fourth-order valence-electron chi connectivity index (χ4n) is 2.80. The summed E-state index contributed by atoms with van der Waals surface area (Å²) in [6.07, 6.45) is 0. The van der Waals surface area contributed by atoms with E-state index < -0.39 is 15.4 Å². The second kappa shape index (κ2) is 7.37. The summed E-state index contributed by atoms with van der Waals surface area (Å²) in [4.78, 5) is 0.00885. The van der Waals surface area contributed by atoms with Crippen molar-refractivity contribution in [3.8, 4) is 5.75 Å². The number of rotatable bonds is 6. The van der Waals surface area contributed by atoms with Gasteiger partial charge in [0.25, 0.3) is 0 Å². The number of aryl methyl sites for hydroxylation is 1. The Morgan fingerprint density at radius 1 is 1.15 bits per heavy atom. The molecule has 0 aliphatic carbocycles. The molecule has 8 heteroatoms. The van der Waals surface area contributed by atoms with Crippen molar-refractivity contribution in [2.24, 2.45) is 5.41 Å². The topological polar surface area (TPSA) is 66.8 Å². The zero-order chi connectivity index (χ0) is 18.9. The van der Waals surface area contributed by atoms with Crippen LogP contribution in [0.5, 0.6) is 5.75 Å². The van der Waals surface area contributed by atoms with E-state index in [-0.39, 0.29) is 36.2 Å². The third-order valence-electron chi connectivity index (χ3n) is 4.44. The highest BCUT2D eigenvalue weighted by atomic mass is 35.5. The average Bonchev–Trinajstić information content (AvgIpc) is 2.55. The van der Waals surface area contributed by atoms with E-state index >= 15 is 0 Å². The quantitative estimate of drug-likeness (QED) is 0.784. The first-order chi connectivity index (χ1) is 12.3. The van der Waals surface area contributed by atoms with Crippen molar-refractivity contribution < 1.29 is 18.3 Å². The highest BCUT2D eigenvalue weighted by molar-refractivity contribution is 7.89. The van der Waals surface area contributed by atoms with E-state index in [1.807, 2.05) is 31.2 Å². The summed E-state index contributed by atoms with van der Waals surface area (Å²) in [5.41, 5.74) is 0.492. The van der Waals surface area contributed by atoms with Crippen molar-refractivity contribution in [3.05, 3.63) is 58.1 Å². The van der Waals surface area contributed by atoms with E-state index in [1.165, 1.54) is 22.5 Å². The Kier molecular flexibility index (Phi) is 5.51. The van der Waals surface area contributed by atoms with Crippen LogP contribution in [0.2, 0.25) is 10.0 Å². The molecule has 1 saturated heterocycles. The molecule has 2 aromatic rings. The Labute approximate surface area is 163 Å². The molecule has 0 atom stereocenters. The van der Waals surface area contributed by atoms with Gasteiger partial charge in [0.1, 0.15) is 10.6 Å². The number of aliphatic hydroxyl groups excluding tert-OH is 1. The molecule has 1 N–H and O–H groups in total. The van der Waals surface area contributed by atoms with Crippen LogP contribution in [0.3, 0.4) is 0 Å². The van der Waals surface area contributed by atoms with Crippen LogP contribution in [-0.2, 0) is 10.0 Å². The van der Waals surface area contributed by atoms with Crippen LogP contribution in [0.1, 0.15) is 5.56 Å². The maximum Gasteiger partial charge on any atom is 0.244 e. The van der Waals surface area contributed by atoms with Gasteiger partial charge in [-0.25, -0.2) is 8.42 Å². The maximum atomic E-state index is 12.7. The fourth-order valence-corrected chi connectivity index (χ4v) is 5.22. The van der Waals surface area contributed by atoms with E-state index in [0.29, 0.717) is 10.8 Å². The summed E-state index contributed by atoms with van der Waals surface area (Å²) in [6.45, 7) is 2.37. The molecule has 1 aliphatic rings. The second-order valence-corrected chi connectivity index (χ2v) is 9.36. The third kappa shape index (κ3) is 3.85. The van der Waals surface area contributed by atoms with Gasteiger partial charge in [-0.15, -0.1) is 0 Å². The van der Waals surface area contributed by atoms with E-state index in [0.717, 1.165) is 5.56 Å². The largest absolute Gasteiger partial charge is 0.493 e. The van der Waals surface area contributed by atoms with Crippen molar-refractivity contribution in [2.75, 3.05) is 26.3 Å². The predicted molar refractivity (Wildman–Crippen MR) is 101 cm³/mol. The highest BCUT2D eigenvalue weighted by Gasteiger charge is 2.49. The molecular weight excluding hydrogens is 397 g/mol. The molecule has 5 nitrogen and oxygen atoms in total. The molecule has 0 amide bonds. The SMILES string of the molecule is Cc1ccc(OCC2(CO)CN(S(=O)(=O)c3ccc(Cl)cc3Cl)C2)cc1. The van der Waals surface area contributed by atoms with Gasteiger partial charge >= 0.3 is 0 Å². The lowest BCUT2D eigenvalue weighted by Crippen LogP contribution is -2.62. The number of ether oxygens (including phenoxy) is 1.